The summed E-state index contributed by atoms with van der Waals surface area (Å²) in [5.41, 5.74) is 0.486. The molecule has 2 aromatic rings. The van der Waals surface area contributed by atoms with Gasteiger partial charge in [0, 0.05) is 11.6 Å². The third-order valence-electron chi connectivity index (χ3n) is 2.14. The first-order valence-electron chi connectivity index (χ1n) is 4.85. The minimum atomic E-state index is -0.345. The van der Waals surface area contributed by atoms with Gasteiger partial charge in [-0.15, -0.1) is 0 Å². The van der Waals surface area contributed by atoms with E-state index in [4.69, 9.17) is 0 Å². The van der Waals surface area contributed by atoms with E-state index in [-0.39, 0.29) is 35.1 Å². The Morgan fingerprint density at radius 1 is 1.24 bits per heavy atom. The molecule has 1 aromatic carbocycles. The molecule has 0 aliphatic rings. The molecule has 0 aliphatic heterocycles. The maximum absolute atomic E-state index is 12.6. The van der Waals surface area contributed by atoms with Crippen molar-refractivity contribution in [3.8, 4) is 0 Å². The molecule has 0 aliphatic carbocycles. The van der Waals surface area contributed by atoms with Crippen LogP contribution in [0.5, 0.6) is 0 Å². The molecule has 88 valence electrons. The number of halogens is 2. The van der Waals surface area contributed by atoms with Crippen LogP contribution in [0.25, 0.3) is 0 Å². The smallest absolute Gasteiger partial charge is 0.236 e. The predicted molar refractivity (Wildman–Crippen MR) is 55.2 cm³/mol. The Balaban J connectivity index is 0.00000144. The van der Waals surface area contributed by atoms with E-state index in [1.165, 1.54) is 28.9 Å². The lowest BCUT2D eigenvalue weighted by atomic mass is 10.1. The molecule has 0 unspecified atom stereocenters. The van der Waals surface area contributed by atoms with Gasteiger partial charge < -0.3 is 17.0 Å². The van der Waals surface area contributed by atoms with Crippen molar-refractivity contribution in [3.05, 3.63) is 60.2 Å². The van der Waals surface area contributed by atoms with Gasteiger partial charge in [-0.2, -0.15) is 0 Å². The van der Waals surface area contributed by atoms with Gasteiger partial charge in [-0.25, -0.2) is 4.39 Å². The zero-order valence-corrected chi connectivity index (χ0v) is 10.5. The second-order valence-electron chi connectivity index (χ2n) is 3.33. The summed E-state index contributed by atoms with van der Waals surface area (Å²) in [6.45, 7) is 0.159. The van der Waals surface area contributed by atoms with E-state index in [0.717, 1.165) is 0 Å². The number of Topliss-reactive ketones (excluding diaryl/α,β-unsaturated/α-hetero) is 1. The Hall–Kier alpha value is -1.62. The molecular weight excluding hydrogens is 287 g/mol. The van der Waals surface area contributed by atoms with Crippen LogP contribution in [0.2, 0.25) is 0 Å². The minimum Gasteiger partial charge on any atom is -1.00 e. The number of hydrogen-bond acceptors (Lipinski definition) is 2. The van der Waals surface area contributed by atoms with Gasteiger partial charge in [-0.05, 0) is 35.4 Å². The summed E-state index contributed by atoms with van der Waals surface area (Å²) < 4.78 is 14.2. The average Bonchev–Trinajstić information content (AvgIpc) is 2.31. The number of benzene rings is 1. The Morgan fingerprint density at radius 3 is 2.53 bits per heavy atom. The number of aromatic nitrogens is 2. The highest BCUT2D eigenvalue weighted by Crippen LogP contribution is 2.03. The van der Waals surface area contributed by atoms with Crippen LogP contribution in [0, 0.1) is 5.82 Å². The Morgan fingerprint density at radius 2 is 1.94 bits per heavy atom. The van der Waals surface area contributed by atoms with Crippen LogP contribution in [0.1, 0.15) is 10.4 Å². The Kier molecular flexibility index (Phi) is 4.90. The molecular formula is C12H10BrFN2O. The second-order valence-corrected chi connectivity index (χ2v) is 3.33. The van der Waals surface area contributed by atoms with Gasteiger partial charge in [-0.1, -0.05) is 4.68 Å². The van der Waals surface area contributed by atoms with Crippen LogP contribution < -0.4 is 21.7 Å². The summed E-state index contributed by atoms with van der Waals surface area (Å²) in [5.74, 6) is -0.439. The van der Waals surface area contributed by atoms with Crippen molar-refractivity contribution in [2.24, 2.45) is 0 Å². The third-order valence-corrected chi connectivity index (χ3v) is 2.14. The Bertz CT molecular complexity index is 488. The lowest BCUT2D eigenvalue weighted by molar-refractivity contribution is -0.741. The van der Waals surface area contributed by atoms with Gasteiger partial charge >= 0.3 is 0 Å². The van der Waals surface area contributed by atoms with Crippen molar-refractivity contribution in [2.45, 2.75) is 6.54 Å². The van der Waals surface area contributed by atoms with Gasteiger partial charge in [0.15, 0.2) is 6.20 Å². The van der Waals surface area contributed by atoms with Crippen LogP contribution in [0.15, 0.2) is 48.8 Å². The van der Waals surface area contributed by atoms with Gasteiger partial charge in [0.25, 0.3) is 0 Å². The lowest BCUT2D eigenvalue weighted by Gasteiger charge is -1.96. The number of rotatable bonds is 3. The topological polar surface area (TPSA) is 33.8 Å². The molecule has 0 saturated heterocycles. The highest BCUT2D eigenvalue weighted by molar-refractivity contribution is 5.94. The second kappa shape index (κ2) is 6.20. The summed E-state index contributed by atoms with van der Waals surface area (Å²) in [5, 5.41) is 3.98. The SMILES string of the molecule is O=C(C[n+]1ccccn1)c1ccc(F)cc1.[Br-]. The molecule has 2 rings (SSSR count). The van der Waals surface area contributed by atoms with Gasteiger partial charge in [0.05, 0.1) is 6.20 Å². The zero-order valence-electron chi connectivity index (χ0n) is 8.88. The van der Waals surface area contributed by atoms with E-state index in [0.29, 0.717) is 5.56 Å². The quantitative estimate of drug-likeness (QED) is 0.505. The summed E-state index contributed by atoms with van der Waals surface area (Å²) >= 11 is 0. The number of hydrogen-bond donors (Lipinski definition) is 0. The van der Waals surface area contributed by atoms with Crippen molar-refractivity contribution < 1.29 is 30.8 Å². The van der Waals surface area contributed by atoms with Crippen molar-refractivity contribution in [2.75, 3.05) is 0 Å². The van der Waals surface area contributed by atoms with Crippen LogP contribution in [0.4, 0.5) is 4.39 Å². The molecule has 0 atom stereocenters. The summed E-state index contributed by atoms with van der Waals surface area (Å²) in [4.78, 5) is 11.7. The first kappa shape index (κ1) is 13.4. The molecule has 0 saturated carbocycles. The summed E-state index contributed by atoms with van der Waals surface area (Å²) in [6.07, 6.45) is 3.32. The monoisotopic (exact) mass is 296 g/mol. The van der Waals surface area contributed by atoms with E-state index in [2.05, 4.69) is 5.10 Å². The molecule has 3 nitrogen and oxygen atoms in total. The molecule has 0 fully saturated rings. The largest absolute Gasteiger partial charge is 1.00 e. The van der Waals surface area contributed by atoms with Crippen molar-refractivity contribution in [1.82, 2.24) is 5.10 Å². The molecule has 0 N–H and O–H groups in total. The number of ketones is 1. The Labute approximate surface area is 109 Å². The minimum absolute atomic E-state index is 0. The molecule has 0 spiro atoms. The van der Waals surface area contributed by atoms with Gasteiger partial charge in [-0.3, -0.25) is 4.79 Å². The zero-order chi connectivity index (χ0) is 11.4. The third kappa shape index (κ3) is 3.71. The molecule has 1 heterocycles. The predicted octanol–water partition coefficient (Wildman–Crippen LogP) is -1.60. The normalized spacial score (nSPS) is 9.47. The van der Waals surface area contributed by atoms with E-state index < -0.39 is 0 Å². The average molecular weight is 297 g/mol. The lowest BCUT2D eigenvalue weighted by Crippen LogP contribution is -3.00. The fraction of sp³-hybridized carbons (Fsp3) is 0.0833. The van der Waals surface area contributed by atoms with Crippen molar-refractivity contribution >= 4 is 5.78 Å². The number of carbonyl (C=O) groups excluding carboxylic acids is 1. The van der Waals surface area contributed by atoms with E-state index >= 15 is 0 Å². The summed E-state index contributed by atoms with van der Waals surface area (Å²) in [7, 11) is 0. The van der Waals surface area contributed by atoms with Crippen LogP contribution in [-0.2, 0) is 6.54 Å². The van der Waals surface area contributed by atoms with Gasteiger partial charge in [0.2, 0.25) is 12.3 Å². The van der Waals surface area contributed by atoms with Crippen LogP contribution in [0.3, 0.4) is 0 Å². The van der Waals surface area contributed by atoms with E-state index in [9.17, 15) is 9.18 Å². The highest BCUT2D eigenvalue weighted by Gasteiger charge is 2.12. The van der Waals surface area contributed by atoms with Crippen LogP contribution >= 0.6 is 0 Å². The first-order chi connectivity index (χ1) is 7.75. The van der Waals surface area contributed by atoms with Crippen molar-refractivity contribution in [3.63, 3.8) is 0 Å². The maximum atomic E-state index is 12.6. The first-order valence-corrected chi connectivity index (χ1v) is 4.85. The number of carbonyl (C=O) groups is 1. The molecule has 0 radical (unpaired) electrons. The van der Waals surface area contributed by atoms with Crippen molar-refractivity contribution in [1.29, 1.82) is 0 Å². The molecule has 1 aromatic heterocycles. The van der Waals surface area contributed by atoms with E-state index in [1.807, 2.05) is 0 Å². The van der Waals surface area contributed by atoms with E-state index in [1.54, 1.807) is 24.5 Å². The standard InChI is InChI=1S/C12H10FN2O.BrH/c13-11-5-3-10(4-6-11)12(16)9-15-8-2-1-7-14-15;/h1-8H,9H2;1H/q+1;/p-1. The fourth-order valence-electron chi connectivity index (χ4n) is 1.33. The maximum Gasteiger partial charge on any atom is 0.236 e. The summed E-state index contributed by atoms with van der Waals surface area (Å²) in [6, 6.07) is 9.07. The molecule has 5 heteroatoms. The molecule has 0 bridgehead atoms. The fourth-order valence-corrected chi connectivity index (χ4v) is 1.33. The number of nitrogens with zero attached hydrogens (tertiary/aromatic N) is 2. The molecule has 0 amide bonds. The van der Waals surface area contributed by atoms with Gasteiger partial charge in [0.1, 0.15) is 5.82 Å². The highest BCUT2D eigenvalue weighted by atomic mass is 79.9. The van der Waals surface area contributed by atoms with Crippen LogP contribution in [-0.4, -0.2) is 10.9 Å². The molecule has 17 heavy (non-hydrogen) atoms.